The highest BCUT2D eigenvalue weighted by Gasteiger charge is 2.11. The summed E-state index contributed by atoms with van der Waals surface area (Å²) in [6.07, 6.45) is 2.54. The second-order valence-corrected chi connectivity index (χ2v) is 6.29. The van der Waals surface area contributed by atoms with E-state index >= 15 is 0 Å². The largest absolute Gasteiger partial charge is 0.361 e. The molecular formula is C20H21F3N4. The highest BCUT2D eigenvalue weighted by Crippen LogP contribution is 2.19. The zero-order valence-electron chi connectivity index (χ0n) is 15.1. The van der Waals surface area contributed by atoms with Gasteiger partial charge in [0.25, 0.3) is 0 Å². The van der Waals surface area contributed by atoms with E-state index in [1.54, 1.807) is 13.1 Å². The number of guanidine groups is 1. The number of H-pyrrole nitrogens is 1. The number of hydrogen-bond donors (Lipinski definition) is 3. The van der Waals surface area contributed by atoms with Gasteiger partial charge in [0.1, 0.15) is 5.82 Å². The molecule has 0 bridgehead atoms. The molecule has 1 atom stereocenters. The van der Waals surface area contributed by atoms with Crippen LogP contribution in [0.1, 0.15) is 24.1 Å². The Morgan fingerprint density at radius 3 is 2.67 bits per heavy atom. The molecule has 0 saturated carbocycles. The summed E-state index contributed by atoms with van der Waals surface area (Å²) in [5.74, 6) is -1.48. The van der Waals surface area contributed by atoms with Crippen molar-refractivity contribution < 1.29 is 13.2 Å². The van der Waals surface area contributed by atoms with Crippen molar-refractivity contribution in [3.8, 4) is 0 Å². The summed E-state index contributed by atoms with van der Waals surface area (Å²) in [5.41, 5.74) is 2.51. The first-order valence-electron chi connectivity index (χ1n) is 8.65. The number of aliphatic imine (C=N–C) groups is 1. The summed E-state index contributed by atoms with van der Waals surface area (Å²) in [5, 5.41) is 7.17. The molecule has 0 aliphatic carbocycles. The molecular weight excluding hydrogens is 353 g/mol. The summed E-state index contributed by atoms with van der Waals surface area (Å²) in [4.78, 5) is 7.27. The van der Waals surface area contributed by atoms with Crippen LogP contribution >= 0.6 is 0 Å². The van der Waals surface area contributed by atoms with Gasteiger partial charge >= 0.3 is 0 Å². The maximum absolute atomic E-state index is 13.4. The normalized spacial score (nSPS) is 13.0. The molecule has 0 amide bonds. The predicted octanol–water partition coefficient (Wildman–Crippen LogP) is 4.05. The molecule has 3 rings (SSSR count). The van der Waals surface area contributed by atoms with Gasteiger partial charge < -0.3 is 15.6 Å². The third-order valence-electron chi connectivity index (χ3n) is 4.44. The maximum Gasteiger partial charge on any atom is 0.191 e. The van der Waals surface area contributed by atoms with E-state index in [0.29, 0.717) is 24.5 Å². The van der Waals surface area contributed by atoms with Crippen LogP contribution < -0.4 is 10.6 Å². The average molecular weight is 374 g/mol. The molecule has 0 fully saturated rings. The number of aromatic amines is 1. The molecule has 3 N–H and O–H groups in total. The van der Waals surface area contributed by atoms with E-state index in [1.165, 1.54) is 24.3 Å². The molecule has 0 radical (unpaired) electrons. The number of fused-ring (bicyclic) bond motifs is 1. The lowest BCUT2D eigenvalue weighted by atomic mass is 10.1. The minimum Gasteiger partial charge on any atom is -0.361 e. The zero-order chi connectivity index (χ0) is 19.4. The van der Waals surface area contributed by atoms with Gasteiger partial charge in [-0.2, -0.15) is 0 Å². The van der Waals surface area contributed by atoms with Crippen molar-refractivity contribution in [2.24, 2.45) is 4.99 Å². The Morgan fingerprint density at radius 1 is 1.11 bits per heavy atom. The summed E-state index contributed by atoms with van der Waals surface area (Å²) in [6, 6.07) is 8.20. The molecule has 1 aromatic heterocycles. The van der Waals surface area contributed by atoms with Crippen molar-refractivity contribution >= 4 is 16.9 Å². The Balaban J connectivity index is 1.58. The second-order valence-electron chi connectivity index (χ2n) is 6.29. The lowest BCUT2D eigenvalue weighted by Crippen LogP contribution is -2.39. The van der Waals surface area contributed by atoms with Crippen LogP contribution in [0.3, 0.4) is 0 Å². The van der Waals surface area contributed by atoms with Gasteiger partial charge in [0.15, 0.2) is 17.6 Å². The van der Waals surface area contributed by atoms with Crippen molar-refractivity contribution in [2.75, 3.05) is 13.6 Å². The van der Waals surface area contributed by atoms with E-state index in [9.17, 15) is 13.2 Å². The van der Waals surface area contributed by atoms with E-state index in [4.69, 9.17) is 0 Å². The average Bonchev–Trinajstić information content (AvgIpc) is 3.05. The molecule has 3 aromatic rings. The number of rotatable bonds is 5. The van der Waals surface area contributed by atoms with E-state index in [1.807, 2.05) is 13.1 Å². The van der Waals surface area contributed by atoms with E-state index in [0.717, 1.165) is 22.5 Å². The molecule has 4 nitrogen and oxygen atoms in total. The van der Waals surface area contributed by atoms with E-state index < -0.39 is 11.6 Å². The van der Waals surface area contributed by atoms with Crippen molar-refractivity contribution in [1.29, 1.82) is 0 Å². The maximum atomic E-state index is 13.4. The van der Waals surface area contributed by atoms with Crippen LogP contribution in [0, 0.1) is 17.5 Å². The summed E-state index contributed by atoms with van der Waals surface area (Å²) >= 11 is 0. The quantitative estimate of drug-likeness (QED) is 0.466. The number of benzene rings is 2. The van der Waals surface area contributed by atoms with Crippen LogP contribution in [-0.4, -0.2) is 24.5 Å². The Labute approximate surface area is 155 Å². The Morgan fingerprint density at radius 2 is 1.93 bits per heavy atom. The second kappa shape index (κ2) is 8.16. The topological polar surface area (TPSA) is 52.2 Å². The highest BCUT2D eigenvalue weighted by atomic mass is 19.2. The smallest absolute Gasteiger partial charge is 0.191 e. The molecule has 2 aromatic carbocycles. The van der Waals surface area contributed by atoms with E-state index in [2.05, 4.69) is 20.6 Å². The van der Waals surface area contributed by atoms with Crippen molar-refractivity contribution in [3.05, 3.63) is 71.2 Å². The standard InChI is InChI=1S/C20H21F3N4/c1-12(13-3-5-17(22)18(23)9-13)27-20(24-2)25-8-7-14-11-26-19-6-4-15(21)10-16(14)19/h3-6,9-12,26H,7-8H2,1-2H3,(H2,24,25,27). The molecule has 142 valence electrons. The molecule has 0 saturated heterocycles. The lowest BCUT2D eigenvalue weighted by Gasteiger charge is -2.18. The predicted molar refractivity (Wildman–Crippen MR) is 101 cm³/mol. The first-order valence-corrected chi connectivity index (χ1v) is 8.65. The fourth-order valence-electron chi connectivity index (χ4n) is 2.94. The number of halogens is 3. The van der Waals surface area contributed by atoms with Gasteiger partial charge in [-0.05, 0) is 54.8 Å². The zero-order valence-corrected chi connectivity index (χ0v) is 15.1. The third-order valence-corrected chi connectivity index (χ3v) is 4.44. The Bertz CT molecular complexity index is 965. The molecule has 1 unspecified atom stereocenters. The summed E-state index contributed by atoms with van der Waals surface area (Å²) < 4.78 is 39.9. The SMILES string of the molecule is CN=C(NCCc1c[nH]c2ccc(F)cc12)NC(C)c1ccc(F)c(F)c1. The fraction of sp³-hybridized carbons (Fsp3) is 0.250. The minimum absolute atomic E-state index is 0.256. The number of hydrogen-bond acceptors (Lipinski definition) is 1. The molecule has 0 aliphatic heterocycles. The number of aromatic nitrogens is 1. The highest BCUT2D eigenvalue weighted by molar-refractivity contribution is 5.83. The summed E-state index contributed by atoms with van der Waals surface area (Å²) in [7, 11) is 1.63. The molecule has 0 spiro atoms. The van der Waals surface area contributed by atoms with Crippen molar-refractivity contribution in [3.63, 3.8) is 0 Å². The van der Waals surface area contributed by atoms with Gasteiger partial charge in [-0.3, -0.25) is 4.99 Å². The van der Waals surface area contributed by atoms with Gasteiger partial charge in [0, 0.05) is 30.7 Å². The molecule has 1 heterocycles. The van der Waals surface area contributed by atoms with Gasteiger partial charge in [0.2, 0.25) is 0 Å². The molecule has 27 heavy (non-hydrogen) atoms. The summed E-state index contributed by atoms with van der Waals surface area (Å²) in [6.45, 7) is 2.41. The van der Waals surface area contributed by atoms with Gasteiger partial charge in [-0.15, -0.1) is 0 Å². The van der Waals surface area contributed by atoms with Crippen LogP contribution in [-0.2, 0) is 6.42 Å². The van der Waals surface area contributed by atoms with Crippen LogP contribution in [0.25, 0.3) is 10.9 Å². The van der Waals surface area contributed by atoms with Crippen molar-refractivity contribution in [2.45, 2.75) is 19.4 Å². The first-order chi connectivity index (χ1) is 13.0. The first kappa shape index (κ1) is 18.8. The monoisotopic (exact) mass is 374 g/mol. The van der Waals surface area contributed by atoms with Gasteiger partial charge in [-0.1, -0.05) is 6.07 Å². The van der Waals surface area contributed by atoms with Crippen LogP contribution in [0.15, 0.2) is 47.6 Å². The lowest BCUT2D eigenvalue weighted by molar-refractivity contribution is 0.504. The molecule has 7 heteroatoms. The van der Waals surface area contributed by atoms with E-state index in [-0.39, 0.29) is 11.9 Å². The Kier molecular flexibility index (Phi) is 5.69. The van der Waals surface area contributed by atoms with Crippen LogP contribution in [0.4, 0.5) is 13.2 Å². The minimum atomic E-state index is -0.879. The van der Waals surface area contributed by atoms with Gasteiger partial charge in [-0.25, -0.2) is 13.2 Å². The third kappa shape index (κ3) is 4.42. The number of nitrogens with one attached hydrogen (secondary N) is 3. The fourth-order valence-corrected chi connectivity index (χ4v) is 2.94. The van der Waals surface area contributed by atoms with Gasteiger partial charge in [0.05, 0.1) is 6.04 Å². The Hall–Kier alpha value is -2.96. The van der Waals surface area contributed by atoms with Crippen molar-refractivity contribution in [1.82, 2.24) is 15.6 Å². The van der Waals surface area contributed by atoms with Crippen LogP contribution in [0.2, 0.25) is 0 Å². The number of nitrogens with zero attached hydrogens (tertiary/aromatic N) is 1. The molecule has 0 aliphatic rings. The van der Waals surface area contributed by atoms with Crippen LogP contribution in [0.5, 0.6) is 0 Å².